The second kappa shape index (κ2) is 5.24. The first-order valence-electron chi connectivity index (χ1n) is 18.1. The highest BCUT2D eigenvalue weighted by Gasteiger charge is 2.70. The van der Waals surface area contributed by atoms with Crippen molar-refractivity contribution in [2.24, 2.45) is 0 Å². The fourth-order valence-electron chi connectivity index (χ4n) is 15.6. The molecule has 0 bridgehead atoms. The Hall–Kier alpha value is -5.35. The monoisotopic (exact) mass is 600 g/mol. The Labute approximate surface area is 270 Å². The molecule has 9 aliphatic rings. The van der Waals surface area contributed by atoms with Gasteiger partial charge in [0.15, 0.2) is 0 Å². The highest BCUT2D eigenvalue weighted by molar-refractivity contribution is 6.96. The van der Waals surface area contributed by atoms with Gasteiger partial charge in [0.1, 0.15) is 0 Å². The van der Waals surface area contributed by atoms with E-state index in [9.17, 15) is 0 Å². The molecule has 8 aliphatic heterocycles. The lowest BCUT2D eigenvalue weighted by molar-refractivity contribution is 0.136. The molecule has 6 heteroatoms. The Morgan fingerprint density at radius 1 is 0.292 bits per heavy atom. The van der Waals surface area contributed by atoms with Crippen LogP contribution in [0.4, 0.5) is 0 Å². The zero-order valence-corrected chi connectivity index (χ0v) is 25.3. The van der Waals surface area contributed by atoms with Gasteiger partial charge in [-0.3, -0.25) is 0 Å². The summed E-state index contributed by atoms with van der Waals surface area (Å²) in [6.07, 6.45) is 0. The van der Waals surface area contributed by atoms with Crippen LogP contribution in [0.1, 0.15) is 24.2 Å². The molecule has 6 aromatic carbocycles. The van der Waals surface area contributed by atoms with Crippen molar-refractivity contribution >= 4 is 123 Å². The molecule has 1 fully saturated rings. The number of rotatable bonds is 0. The predicted molar refractivity (Wildman–Crippen MR) is 197 cm³/mol. The summed E-state index contributed by atoms with van der Waals surface area (Å²) in [6.45, 7) is 0.921. The number of benzene rings is 6. The second-order valence-corrected chi connectivity index (χ2v) is 17.0. The number of hydrogen-bond donors (Lipinski definition) is 0. The number of aromatic nitrogens is 4. The van der Waals surface area contributed by atoms with Crippen molar-refractivity contribution in [3.63, 3.8) is 0 Å². The third-order valence-electron chi connectivity index (χ3n) is 16.3. The molecule has 0 spiro atoms. The van der Waals surface area contributed by atoms with Gasteiger partial charge in [-0.2, -0.15) is 0 Å². The molecule has 0 radical (unpaired) electrons. The summed E-state index contributed by atoms with van der Waals surface area (Å²) >= 11 is 0. The van der Waals surface area contributed by atoms with Gasteiger partial charge in [-0.15, -0.1) is 0 Å². The first kappa shape index (κ1) is 20.1. The van der Waals surface area contributed by atoms with Crippen LogP contribution in [0.25, 0.3) is 109 Å². The summed E-state index contributed by atoms with van der Waals surface area (Å²) in [5, 5.41) is 11.8. The standard InChI is InChI=1S/C42H18B2N4/c1-5-17-21-9-10-22-19-7-3-15-16-4-8-20-24-12-11-23-18-6-2-14-13(1)25-31(17)45-35(21)36(22)47-33(19)27(15)44-28(16)34(20)48-38(24)37(23)46-32(18)26(14)43(25)29-39(45)41(47)30(44)42(48)40(29)46/h1-12,29-30,39-42H/t29-,30?,39+,40?,41?,42?/m0/s1. The normalized spacial score (nSPS) is 27.5. The molecule has 1 saturated carbocycles. The third kappa shape index (κ3) is 1.36. The van der Waals surface area contributed by atoms with Crippen molar-refractivity contribution in [2.45, 2.75) is 35.8 Å². The van der Waals surface area contributed by atoms with Gasteiger partial charge in [0.25, 0.3) is 0 Å². The zero-order chi connectivity index (χ0) is 29.3. The maximum Gasteiger partial charge on any atom is 0.223 e. The number of nitrogens with zero attached hydrogens (tertiary/aromatic N) is 4. The Morgan fingerprint density at radius 3 is 0.792 bits per heavy atom. The van der Waals surface area contributed by atoms with Crippen LogP contribution in [0.2, 0.25) is 11.6 Å². The molecular weight excluding hydrogens is 582 g/mol. The molecule has 6 atom stereocenters. The van der Waals surface area contributed by atoms with Gasteiger partial charge in [0, 0.05) is 65.2 Å². The minimum absolute atomic E-state index is 0.447. The minimum atomic E-state index is 0.447. The Kier molecular flexibility index (Phi) is 2.19. The molecule has 19 rings (SSSR count). The van der Waals surface area contributed by atoms with Crippen LogP contribution >= 0.6 is 0 Å². The van der Waals surface area contributed by atoms with Crippen LogP contribution in [0, 0.1) is 0 Å². The predicted octanol–water partition coefficient (Wildman–Crippen LogP) is 6.60. The van der Waals surface area contributed by atoms with Crippen molar-refractivity contribution in [2.75, 3.05) is 0 Å². The molecule has 0 N–H and O–H groups in total. The highest BCUT2D eigenvalue weighted by atomic mass is 15.3. The van der Waals surface area contributed by atoms with Gasteiger partial charge in [0.05, 0.1) is 46.2 Å². The largest absolute Gasteiger partial charge is 0.334 e. The molecule has 4 aromatic heterocycles. The van der Waals surface area contributed by atoms with Crippen LogP contribution < -0.4 is 21.9 Å². The third-order valence-corrected chi connectivity index (χ3v) is 16.3. The van der Waals surface area contributed by atoms with Gasteiger partial charge < -0.3 is 18.3 Å². The SMILES string of the molecule is c1cc2c3ccc4c5ccc6c7c5n5c4c3n3c2c2c1-c1ccc4c8ccc9c%10ccc-6c6c%10n%10c9c8n8c4c1B2C1C3C5[C@@H](B76)[C@@H]%10C18. The summed E-state index contributed by atoms with van der Waals surface area (Å²) in [5.74, 6) is 1.05. The molecule has 10 aromatic rings. The van der Waals surface area contributed by atoms with E-state index in [4.69, 9.17) is 0 Å². The fraction of sp³-hybridized carbons (Fsp3) is 0.143. The van der Waals surface area contributed by atoms with Crippen LogP contribution in [0.5, 0.6) is 0 Å². The van der Waals surface area contributed by atoms with Gasteiger partial charge in [-0.05, 0) is 55.7 Å². The Balaban J connectivity index is 1.25. The Morgan fingerprint density at radius 2 is 0.521 bits per heavy atom. The van der Waals surface area contributed by atoms with Crippen molar-refractivity contribution in [3.8, 4) is 22.3 Å². The van der Waals surface area contributed by atoms with Gasteiger partial charge in [-0.25, -0.2) is 0 Å². The van der Waals surface area contributed by atoms with E-state index >= 15 is 0 Å². The lowest BCUT2D eigenvalue weighted by Gasteiger charge is -2.62. The maximum absolute atomic E-state index is 2.99. The average molecular weight is 600 g/mol. The van der Waals surface area contributed by atoms with Crippen LogP contribution in [-0.4, -0.2) is 31.7 Å². The van der Waals surface area contributed by atoms with E-state index in [0.717, 1.165) is 0 Å². The fourth-order valence-corrected chi connectivity index (χ4v) is 15.6. The molecule has 12 heterocycles. The van der Waals surface area contributed by atoms with E-state index in [1.165, 1.54) is 87.4 Å². The second-order valence-electron chi connectivity index (χ2n) is 17.0. The quantitative estimate of drug-likeness (QED) is 0.175. The number of hydrogen-bond acceptors (Lipinski definition) is 0. The van der Waals surface area contributed by atoms with E-state index in [2.05, 4.69) is 91.1 Å². The van der Waals surface area contributed by atoms with Crippen molar-refractivity contribution in [1.82, 2.24) is 18.3 Å². The van der Waals surface area contributed by atoms with Gasteiger partial charge in [0.2, 0.25) is 13.4 Å². The zero-order valence-electron chi connectivity index (χ0n) is 25.3. The summed E-state index contributed by atoms with van der Waals surface area (Å²) < 4.78 is 12.0. The lowest BCUT2D eigenvalue weighted by Crippen LogP contribution is -2.66. The lowest BCUT2D eigenvalue weighted by atomic mass is 9.23. The molecule has 1 aliphatic carbocycles. The smallest absolute Gasteiger partial charge is 0.223 e. The topological polar surface area (TPSA) is 19.7 Å². The summed E-state index contributed by atoms with van der Waals surface area (Å²) in [7, 11) is 0. The Bertz CT molecular complexity index is 3170. The molecule has 4 unspecified atom stereocenters. The van der Waals surface area contributed by atoms with E-state index in [0.29, 0.717) is 49.2 Å². The summed E-state index contributed by atoms with van der Waals surface area (Å²) in [4.78, 5) is 0. The maximum atomic E-state index is 2.99. The van der Waals surface area contributed by atoms with Crippen molar-refractivity contribution < 1.29 is 0 Å². The van der Waals surface area contributed by atoms with Crippen molar-refractivity contribution in [3.05, 3.63) is 72.8 Å². The molecule has 0 amide bonds. The van der Waals surface area contributed by atoms with Crippen LogP contribution in [0.3, 0.4) is 0 Å². The van der Waals surface area contributed by atoms with E-state index in [-0.39, 0.29) is 0 Å². The molecular formula is C42H18B2N4. The first-order valence-corrected chi connectivity index (χ1v) is 18.1. The minimum Gasteiger partial charge on any atom is -0.334 e. The van der Waals surface area contributed by atoms with Gasteiger partial charge >= 0.3 is 0 Å². The van der Waals surface area contributed by atoms with Crippen LogP contribution in [-0.2, 0) is 0 Å². The van der Waals surface area contributed by atoms with Gasteiger partial charge in [-0.1, -0.05) is 72.8 Å². The highest BCUT2D eigenvalue weighted by Crippen LogP contribution is 2.73. The molecule has 212 valence electrons. The first-order chi connectivity index (χ1) is 23.9. The molecule has 48 heavy (non-hydrogen) atoms. The van der Waals surface area contributed by atoms with Crippen molar-refractivity contribution in [1.29, 1.82) is 0 Å². The van der Waals surface area contributed by atoms with E-state index in [1.54, 1.807) is 43.9 Å². The van der Waals surface area contributed by atoms with E-state index in [1.807, 2.05) is 0 Å². The van der Waals surface area contributed by atoms with E-state index < -0.39 is 0 Å². The number of fused-ring (bicyclic) bond motifs is 6. The average Bonchev–Trinajstić information content (AvgIpc) is 3.94. The summed E-state index contributed by atoms with van der Waals surface area (Å²) in [5.41, 5.74) is 25.1. The molecule has 0 saturated heterocycles. The van der Waals surface area contributed by atoms with Crippen LogP contribution in [0.15, 0.2) is 72.8 Å². The summed E-state index contributed by atoms with van der Waals surface area (Å²) in [6, 6.07) is 31.8. The molecule has 4 nitrogen and oxygen atoms in total.